The molecular formula is C48H28N2O2. The van der Waals surface area contributed by atoms with Gasteiger partial charge in [-0.25, -0.2) is 0 Å². The van der Waals surface area contributed by atoms with Gasteiger partial charge in [-0.2, -0.15) is 0 Å². The van der Waals surface area contributed by atoms with Crippen molar-refractivity contribution in [3.8, 4) is 44.8 Å². The van der Waals surface area contributed by atoms with E-state index in [-0.39, 0.29) is 0 Å². The average molecular weight is 665 g/mol. The van der Waals surface area contributed by atoms with E-state index in [1.54, 1.807) is 0 Å². The van der Waals surface area contributed by atoms with Crippen molar-refractivity contribution < 1.29 is 8.83 Å². The molecule has 11 rings (SSSR count). The van der Waals surface area contributed by atoms with E-state index in [1.165, 1.54) is 32.7 Å². The summed E-state index contributed by atoms with van der Waals surface area (Å²) < 4.78 is 12.6. The van der Waals surface area contributed by atoms with E-state index >= 15 is 0 Å². The quantitative estimate of drug-likeness (QED) is 0.176. The van der Waals surface area contributed by atoms with Crippen LogP contribution in [-0.4, -0.2) is 9.97 Å². The summed E-state index contributed by atoms with van der Waals surface area (Å²) in [7, 11) is 0. The Labute approximate surface area is 298 Å². The first-order valence-corrected chi connectivity index (χ1v) is 17.5. The van der Waals surface area contributed by atoms with Crippen LogP contribution in [0.25, 0.3) is 110 Å². The lowest BCUT2D eigenvalue weighted by Gasteiger charge is -2.18. The molecule has 0 radical (unpaired) electrons. The van der Waals surface area contributed by atoms with E-state index in [9.17, 15) is 0 Å². The summed E-state index contributed by atoms with van der Waals surface area (Å²) in [5.41, 5.74) is 11.8. The van der Waals surface area contributed by atoms with E-state index in [0.717, 1.165) is 77.5 Å². The van der Waals surface area contributed by atoms with Crippen LogP contribution in [0.5, 0.6) is 0 Å². The van der Waals surface area contributed by atoms with E-state index < -0.39 is 0 Å². The predicted molar refractivity (Wildman–Crippen MR) is 213 cm³/mol. The third-order valence-corrected chi connectivity index (χ3v) is 10.4. The van der Waals surface area contributed by atoms with Gasteiger partial charge in [-0.1, -0.05) is 133 Å². The predicted octanol–water partition coefficient (Wildman–Crippen LogP) is 13.2. The topological polar surface area (TPSA) is 52.1 Å². The molecule has 0 saturated carbocycles. The van der Waals surface area contributed by atoms with E-state index in [1.807, 2.05) is 60.9 Å². The second-order valence-electron chi connectivity index (χ2n) is 13.3. The third kappa shape index (κ3) is 4.28. The van der Waals surface area contributed by atoms with Crippen molar-refractivity contribution in [1.29, 1.82) is 0 Å². The zero-order chi connectivity index (χ0) is 34.2. The third-order valence-electron chi connectivity index (χ3n) is 10.4. The fourth-order valence-electron chi connectivity index (χ4n) is 8.05. The highest BCUT2D eigenvalue weighted by molar-refractivity contribution is 6.21. The second kappa shape index (κ2) is 11.2. The first kappa shape index (κ1) is 28.8. The summed E-state index contributed by atoms with van der Waals surface area (Å²) in [6.07, 6.45) is 3.74. The number of benzene rings is 7. The summed E-state index contributed by atoms with van der Waals surface area (Å²) in [6, 6.07) is 55.4. The van der Waals surface area contributed by atoms with Crippen molar-refractivity contribution >= 4 is 65.4 Å². The second-order valence-corrected chi connectivity index (χ2v) is 13.3. The molecule has 0 amide bonds. The molecule has 7 aromatic carbocycles. The minimum Gasteiger partial charge on any atom is -0.454 e. The van der Waals surface area contributed by atoms with Crippen LogP contribution in [0.4, 0.5) is 0 Å². The van der Waals surface area contributed by atoms with Crippen LogP contribution < -0.4 is 0 Å². The smallest absolute Gasteiger partial charge is 0.161 e. The molecule has 0 N–H and O–H groups in total. The Bertz CT molecular complexity index is 2900. The summed E-state index contributed by atoms with van der Waals surface area (Å²) in [5.74, 6) is 0. The highest BCUT2D eigenvalue weighted by Crippen LogP contribution is 2.45. The summed E-state index contributed by atoms with van der Waals surface area (Å²) in [6.45, 7) is 0. The minimum absolute atomic E-state index is 0.813. The van der Waals surface area contributed by atoms with Crippen LogP contribution >= 0.6 is 0 Å². The number of rotatable bonds is 4. The SMILES string of the molecule is c1ccc2c(c1)oc1c(-c3ccc(-c4c5ccccc5c(-c5ccc(-c6nccc7c6oc6ccccc67)cc5)c5ccccc45)cc3)nccc12. The molecular weight excluding hydrogens is 637 g/mol. The Morgan fingerprint density at radius 2 is 0.615 bits per heavy atom. The Morgan fingerprint density at radius 1 is 0.288 bits per heavy atom. The van der Waals surface area contributed by atoms with Gasteiger partial charge in [-0.05, 0) is 68.1 Å². The number of aromatic nitrogens is 2. The van der Waals surface area contributed by atoms with Gasteiger partial charge >= 0.3 is 0 Å². The first-order valence-electron chi connectivity index (χ1n) is 17.5. The van der Waals surface area contributed by atoms with Crippen molar-refractivity contribution in [2.45, 2.75) is 0 Å². The standard InChI is InChI=1S/C48H28N2O2/c1-2-12-36-35(11-1)43(29-17-21-31(22-18-29)45-47-39(25-27-49-45)33-9-5-7-15-41(33)51-47)37-13-3-4-14-38(37)44(36)30-19-23-32(24-20-30)46-48-40(26-28-50-46)34-10-6-8-16-42(34)52-48/h1-28H. The van der Waals surface area contributed by atoms with Crippen LogP contribution in [0.2, 0.25) is 0 Å². The molecule has 0 atom stereocenters. The molecule has 0 fully saturated rings. The Balaban J connectivity index is 1.04. The van der Waals surface area contributed by atoms with Gasteiger partial charge in [0.15, 0.2) is 11.2 Å². The number of nitrogens with zero attached hydrogens (tertiary/aromatic N) is 2. The molecule has 0 spiro atoms. The lowest BCUT2D eigenvalue weighted by Crippen LogP contribution is -1.91. The molecule has 0 aliphatic rings. The van der Waals surface area contributed by atoms with Crippen LogP contribution in [0.15, 0.2) is 179 Å². The largest absolute Gasteiger partial charge is 0.454 e. The van der Waals surface area contributed by atoms with E-state index in [2.05, 4.69) is 109 Å². The van der Waals surface area contributed by atoms with Gasteiger partial charge in [0.1, 0.15) is 22.6 Å². The molecule has 0 bridgehead atoms. The van der Waals surface area contributed by atoms with E-state index in [4.69, 9.17) is 18.8 Å². The Hall–Kier alpha value is -7.04. The lowest BCUT2D eigenvalue weighted by atomic mass is 9.85. The summed E-state index contributed by atoms with van der Waals surface area (Å²) in [4.78, 5) is 9.53. The zero-order valence-electron chi connectivity index (χ0n) is 27.9. The van der Waals surface area contributed by atoms with Gasteiger partial charge in [0.25, 0.3) is 0 Å². The van der Waals surface area contributed by atoms with Crippen LogP contribution in [-0.2, 0) is 0 Å². The molecule has 4 heterocycles. The van der Waals surface area contributed by atoms with Crippen molar-refractivity contribution in [3.05, 3.63) is 170 Å². The number of para-hydroxylation sites is 2. The Kier molecular flexibility index (Phi) is 6.22. The van der Waals surface area contributed by atoms with Gasteiger partial charge in [-0.3, -0.25) is 9.97 Å². The maximum atomic E-state index is 6.32. The highest BCUT2D eigenvalue weighted by atomic mass is 16.3. The van der Waals surface area contributed by atoms with E-state index in [0.29, 0.717) is 0 Å². The maximum Gasteiger partial charge on any atom is 0.161 e. The van der Waals surface area contributed by atoms with Gasteiger partial charge in [-0.15, -0.1) is 0 Å². The summed E-state index contributed by atoms with van der Waals surface area (Å²) in [5, 5.41) is 9.19. The number of hydrogen-bond donors (Lipinski definition) is 0. The number of pyridine rings is 2. The van der Waals surface area contributed by atoms with Gasteiger partial charge < -0.3 is 8.83 Å². The molecule has 4 aromatic heterocycles. The van der Waals surface area contributed by atoms with Gasteiger partial charge in [0.05, 0.1) is 0 Å². The number of furan rings is 2. The Morgan fingerprint density at radius 3 is 1.00 bits per heavy atom. The number of fused-ring (bicyclic) bond motifs is 8. The fourth-order valence-corrected chi connectivity index (χ4v) is 8.05. The molecule has 52 heavy (non-hydrogen) atoms. The monoisotopic (exact) mass is 664 g/mol. The molecule has 242 valence electrons. The molecule has 0 saturated heterocycles. The first-order chi connectivity index (χ1) is 25.8. The average Bonchev–Trinajstić information content (AvgIpc) is 3.79. The normalized spacial score (nSPS) is 11.8. The van der Waals surface area contributed by atoms with Crippen LogP contribution in [0.1, 0.15) is 0 Å². The van der Waals surface area contributed by atoms with Crippen molar-refractivity contribution in [3.63, 3.8) is 0 Å². The molecule has 4 nitrogen and oxygen atoms in total. The minimum atomic E-state index is 0.813. The van der Waals surface area contributed by atoms with Crippen LogP contribution in [0, 0.1) is 0 Å². The molecule has 11 aromatic rings. The lowest BCUT2D eigenvalue weighted by molar-refractivity contribution is 0.668. The molecule has 0 unspecified atom stereocenters. The maximum absolute atomic E-state index is 6.32. The summed E-state index contributed by atoms with van der Waals surface area (Å²) >= 11 is 0. The van der Waals surface area contributed by atoms with Gasteiger partial charge in [0, 0.05) is 45.1 Å². The number of hydrogen-bond acceptors (Lipinski definition) is 4. The zero-order valence-corrected chi connectivity index (χ0v) is 27.9. The fraction of sp³-hybridized carbons (Fsp3) is 0. The molecule has 0 aliphatic carbocycles. The molecule has 4 heteroatoms. The van der Waals surface area contributed by atoms with Crippen molar-refractivity contribution in [1.82, 2.24) is 9.97 Å². The van der Waals surface area contributed by atoms with Crippen LogP contribution in [0.3, 0.4) is 0 Å². The van der Waals surface area contributed by atoms with Crippen molar-refractivity contribution in [2.24, 2.45) is 0 Å². The highest BCUT2D eigenvalue weighted by Gasteiger charge is 2.19. The molecule has 0 aliphatic heterocycles. The van der Waals surface area contributed by atoms with Crippen molar-refractivity contribution in [2.75, 3.05) is 0 Å². The van der Waals surface area contributed by atoms with Gasteiger partial charge in [0.2, 0.25) is 0 Å².